The van der Waals surface area contributed by atoms with Crippen molar-refractivity contribution in [2.24, 2.45) is 0 Å². The molecule has 1 amide bonds. The van der Waals surface area contributed by atoms with E-state index in [9.17, 15) is 4.79 Å². The molecule has 3 heterocycles. The van der Waals surface area contributed by atoms with Crippen LogP contribution in [0.1, 0.15) is 12.5 Å². The first-order chi connectivity index (χ1) is 16.0. The van der Waals surface area contributed by atoms with Crippen LogP contribution in [0.2, 0.25) is 5.02 Å². The number of hydrogen-bond acceptors (Lipinski definition) is 5. The molecule has 1 fully saturated rings. The number of nitrogens with zero attached hydrogens (tertiary/aromatic N) is 5. The lowest BCUT2D eigenvalue weighted by Crippen LogP contribution is -2.48. The first-order valence-corrected chi connectivity index (χ1v) is 11.1. The van der Waals surface area contributed by atoms with E-state index in [4.69, 9.17) is 11.6 Å². The van der Waals surface area contributed by atoms with Crippen LogP contribution in [0, 0.1) is 12.7 Å². The maximum absolute atomic E-state index is 15.9. The van der Waals surface area contributed by atoms with Crippen molar-refractivity contribution in [1.82, 2.24) is 25.1 Å². The zero-order valence-electron chi connectivity index (χ0n) is 18.3. The van der Waals surface area contributed by atoms with E-state index in [0.717, 1.165) is 16.5 Å². The van der Waals surface area contributed by atoms with Gasteiger partial charge in [-0.15, -0.1) is 0 Å². The van der Waals surface area contributed by atoms with Gasteiger partial charge in [0.2, 0.25) is 5.91 Å². The Labute approximate surface area is 194 Å². The summed E-state index contributed by atoms with van der Waals surface area (Å²) >= 11 is 6.69. The highest BCUT2D eigenvalue weighted by molar-refractivity contribution is 6.35. The fourth-order valence-corrected chi connectivity index (χ4v) is 4.73. The SMILES string of the molecule is CC=CC(=O)N1CCN(c2ncnc3c(F)c(-c4c(C)ccc5[nH]ncc45)c(Cl)cc23)CC1. The van der Waals surface area contributed by atoms with Gasteiger partial charge in [0, 0.05) is 48.1 Å². The van der Waals surface area contributed by atoms with E-state index in [1.54, 1.807) is 29.3 Å². The molecule has 1 aliphatic rings. The molecule has 0 spiro atoms. The summed E-state index contributed by atoms with van der Waals surface area (Å²) in [6, 6.07) is 5.56. The van der Waals surface area contributed by atoms with Gasteiger partial charge in [-0.3, -0.25) is 9.89 Å². The van der Waals surface area contributed by atoms with E-state index in [1.165, 1.54) is 6.33 Å². The quantitative estimate of drug-likeness (QED) is 0.452. The number of hydrogen-bond donors (Lipinski definition) is 1. The number of anilines is 1. The first kappa shape index (κ1) is 21.3. The van der Waals surface area contributed by atoms with Crippen LogP contribution in [0.25, 0.3) is 32.9 Å². The Morgan fingerprint density at radius 1 is 1.15 bits per heavy atom. The number of H-pyrrole nitrogens is 1. The average Bonchev–Trinajstić information content (AvgIpc) is 3.29. The van der Waals surface area contributed by atoms with Gasteiger partial charge in [-0.1, -0.05) is 23.7 Å². The lowest BCUT2D eigenvalue weighted by molar-refractivity contribution is -0.126. The Morgan fingerprint density at radius 2 is 1.94 bits per heavy atom. The van der Waals surface area contributed by atoms with Crippen molar-refractivity contribution in [3.8, 4) is 11.1 Å². The molecule has 2 aromatic carbocycles. The second-order valence-corrected chi connectivity index (χ2v) is 8.45. The molecular weight excluding hydrogens is 443 g/mol. The topological polar surface area (TPSA) is 78.0 Å². The summed E-state index contributed by atoms with van der Waals surface area (Å²) in [5, 5.41) is 8.66. The van der Waals surface area contributed by atoms with Gasteiger partial charge in [0.1, 0.15) is 17.7 Å². The van der Waals surface area contributed by atoms with Crippen molar-refractivity contribution in [3.05, 3.63) is 59.3 Å². The molecule has 0 saturated carbocycles. The van der Waals surface area contributed by atoms with Crippen molar-refractivity contribution < 1.29 is 9.18 Å². The van der Waals surface area contributed by atoms with Gasteiger partial charge < -0.3 is 9.80 Å². The molecule has 1 saturated heterocycles. The molecule has 9 heteroatoms. The van der Waals surface area contributed by atoms with Crippen LogP contribution >= 0.6 is 11.6 Å². The number of carbonyl (C=O) groups excluding carboxylic acids is 1. The molecule has 1 aliphatic heterocycles. The number of allylic oxidation sites excluding steroid dienone is 1. The van der Waals surface area contributed by atoms with Crippen molar-refractivity contribution in [2.75, 3.05) is 31.1 Å². The zero-order chi connectivity index (χ0) is 23.1. The Morgan fingerprint density at radius 3 is 2.70 bits per heavy atom. The number of amides is 1. The van der Waals surface area contributed by atoms with E-state index >= 15 is 4.39 Å². The number of piperazine rings is 1. The molecular formula is C24H22ClFN6O. The number of nitrogens with one attached hydrogen (secondary N) is 1. The number of carbonyl (C=O) groups is 1. The first-order valence-electron chi connectivity index (χ1n) is 10.7. The summed E-state index contributed by atoms with van der Waals surface area (Å²) in [4.78, 5) is 24.7. The van der Waals surface area contributed by atoms with Gasteiger partial charge in [-0.05, 0) is 37.6 Å². The molecule has 33 heavy (non-hydrogen) atoms. The maximum atomic E-state index is 15.9. The number of aromatic amines is 1. The number of aryl methyl sites for hydroxylation is 1. The molecule has 4 aromatic rings. The predicted octanol–water partition coefficient (Wildman–Crippen LogP) is 4.50. The summed E-state index contributed by atoms with van der Waals surface area (Å²) < 4.78 is 15.9. The molecule has 0 bridgehead atoms. The molecule has 168 valence electrons. The highest BCUT2D eigenvalue weighted by Gasteiger charge is 2.25. The number of rotatable bonds is 3. The van der Waals surface area contributed by atoms with Gasteiger partial charge in [0.25, 0.3) is 0 Å². The van der Waals surface area contributed by atoms with Crippen molar-refractivity contribution in [3.63, 3.8) is 0 Å². The third-order valence-corrected chi connectivity index (χ3v) is 6.38. The standard InChI is InChI=1S/C24H22ClFN6O/c1-3-4-19(33)31-7-9-32(10-8-31)24-15-11-17(25)21(22(26)23(15)27-13-28-24)20-14(2)5-6-18-16(20)12-29-30-18/h3-6,11-13H,7-10H2,1-2H3,(H,29,30). The Bertz CT molecular complexity index is 1410. The summed E-state index contributed by atoms with van der Waals surface area (Å²) in [6.07, 6.45) is 6.36. The molecule has 1 N–H and O–H groups in total. The minimum absolute atomic E-state index is 0.00721. The van der Waals surface area contributed by atoms with E-state index in [1.807, 2.05) is 30.9 Å². The second kappa shape index (κ2) is 8.44. The van der Waals surface area contributed by atoms with Gasteiger partial charge >= 0.3 is 0 Å². The van der Waals surface area contributed by atoms with Crippen molar-refractivity contribution in [2.45, 2.75) is 13.8 Å². The highest BCUT2D eigenvalue weighted by atomic mass is 35.5. The summed E-state index contributed by atoms with van der Waals surface area (Å²) in [5.74, 6) is 0.121. The molecule has 7 nitrogen and oxygen atoms in total. The minimum atomic E-state index is -0.486. The minimum Gasteiger partial charge on any atom is -0.352 e. The van der Waals surface area contributed by atoms with E-state index in [2.05, 4.69) is 20.2 Å². The van der Waals surface area contributed by atoms with Crippen molar-refractivity contribution >= 4 is 45.1 Å². The van der Waals surface area contributed by atoms with Gasteiger partial charge in [0.05, 0.1) is 16.7 Å². The maximum Gasteiger partial charge on any atom is 0.246 e. The van der Waals surface area contributed by atoms with E-state index in [-0.39, 0.29) is 16.4 Å². The van der Waals surface area contributed by atoms with Gasteiger partial charge in [-0.2, -0.15) is 5.10 Å². The number of halogens is 2. The van der Waals surface area contributed by atoms with Crippen molar-refractivity contribution in [1.29, 1.82) is 0 Å². The van der Waals surface area contributed by atoms with Crippen LogP contribution in [0.5, 0.6) is 0 Å². The summed E-state index contributed by atoms with van der Waals surface area (Å²) in [6.45, 7) is 6.03. The van der Waals surface area contributed by atoms with Gasteiger partial charge in [-0.25, -0.2) is 14.4 Å². The highest BCUT2D eigenvalue weighted by Crippen LogP contribution is 2.41. The van der Waals surface area contributed by atoms with Crippen LogP contribution < -0.4 is 4.90 Å². The smallest absolute Gasteiger partial charge is 0.246 e. The van der Waals surface area contributed by atoms with Crippen LogP contribution in [-0.2, 0) is 4.79 Å². The molecule has 5 rings (SSSR count). The fraction of sp³-hybridized carbons (Fsp3) is 0.250. The molecule has 0 atom stereocenters. The Hall–Kier alpha value is -3.52. The summed E-state index contributed by atoms with van der Waals surface area (Å²) in [5.41, 5.74) is 2.91. The molecule has 0 unspecified atom stereocenters. The van der Waals surface area contributed by atoms with E-state index < -0.39 is 5.82 Å². The Balaban J connectivity index is 1.58. The molecule has 0 aliphatic carbocycles. The largest absolute Gasteiger partial charge is 0.352 e. The van der Waals surface area contributed by atoms with Crippen LogP contribution in [0.4, 0.5) is 10.2 Å². The summed E-state index contributed by atoms with van der Waals surface area (Å²) in [7, 11) is 0. The lowest BCUT2D eigenvalue weighted by Gasteiger charge is -2.35. The molecule has 0 radical (unpaired) electrons. The third-order valence-electron chi connectivity index (χ3n) is 6.08. The monoisotopic (exact) mass is 464 g/mol. The molecule has 2 aromatic heterocycles. The lowest BCUT2D eigenvalue weighted by atomic mass is 9.95. The van der Waals surface area contributed by atoms with Crippen LogP contribution in [-0.4, -0.2) is 57.2 Å². The number of benzene rings is 2. The average molecular weight is 465 g/mol. The normalized spacial score (nSPS) is 14.7. The second-order valence-electron chi connectivity index (χ2n) is 8.04. The third kappa shape index (κ3) is 3.60. The van der Waals surface area contributed by atoms with E-state index in [0.29, 0.717) is 48.5 Å². The number of aromatic nitrogens is 4. The predicted molar refractivity (Wildman–Crippen MR) is 128 cm³/mol. The number of fused-ring (bicyclic) bond motifs is 2. The zero-order valence-corrected chi connectivity index (χ0v) is 19.0. The van der Waals surface area contributed by atoms with Crippen LogP contribution in [0.15, 0.2) is 42.9 Å². The Kier molecular flexibility index (Phi) is 5.46. The van der Waals surface area contributed by atoms with Gasteiger partial charge in [0.15, 0.2) is 5.82 Å². The van der Waals surface area contributed by atoms with Crippen LogP contribution in [0.3, 0.4) is 0 Å². The fourth-order valence-electron chi connectivity index (χ4n) is 4.44.